The summed E-state index contributed by atoms with van der Waals surface area (Å²) in [4.78, 5) is 37.4. The van der Waals surface area contributed by atoms with Crippen molar-refractivity contribution in [1.29, 1.82) is 5.26 Å². The predicted molar refractivity (Wildman–Crippen MR) is 109 cm³/mol. The number of nitrogens with one attached hydrogen (secondary N) is 2. The second kappa shape index (κ2) is 10.1. The number of rotatable bonds is 9. The van der Waals surface area contributed by atoms with Gasteiger partial charge in [0.1, 0.15) is 12.1 Å². The van der Waals surface area contributed by atoms with Crippen molar-refractivity contribution in [2.24, 2.45) is 5.92 Å². The maximum atomic E-state index is 12.6. The highest BCUT2D eigenvalue weighted by atomic mass is 19.3. The van der Waals surface area contributed by atoms with Gasteiger partial charge in [0.15, 0.2) is 11.5 Å². The average molecular weight is 445 g/mol. The molecule has 1 fully saturated rings. The Morgan fingerprint density at radius 2 is 2.03 bits per heavy atom. The van der Waals surface area contributed by atoms with E-state index in [1.165, 1.54) is 31.7 Å². The molecule has 2 aromatic heterocycles. The minimum absolute atomic E-state index is 0.0229. The number of aliphatic hydroxyl groups excluding tert-OH is 1. The van der Waals surface area contributed by atoms with Gasteiger partial charge in [0, 0.05) is 24.7 Å². The number of halogens is 2. The van der Waals surface area contributed by atoms with Crippen LogP contribution in [0.25, 0.3) is 11.3 Å². The molecule has 2 aromatic rings. The van der Waals surface area contributed by atoms with Gasteiger partial charge in [0.05, 0.1) is 36.9 Å². The summed E-state index contributed by atoms with van der Waals surface area (Å²) in [5, 5.41) is 24.3. The van der Waals surface area contributed by atoms with Crippen molar-refractivity contribution in [1.82, 2.24) is 19.9 Å². The number of aliphatic hydroxyl groups is 1. The first-order valence-corrected chi connectivity index (χ1v) is 9.76. The molecule has 0 aromatic carbocycles. The van der Waals surface area contributed by atoms with Gasteiger partial charge in [-0.2, -0.15) is 5.26 Å². The number of amides is 2. The van der Waals surface area contributed by atoms with Crippen LogP contribution >= 0.6 is 0 Å². The number of nitrogens with zero attached hydrogens (tertiary/aromatic N) is 5. The number of aromatic nitrogens is 3. The van der Waals surface area contributed by atoms with Crippen molar-refractivity contribution in [3.63, 3.8) is 0 Å². The quantitative estimate of drug-likeness (QED) is 0.523. The third-order valence-electron chi connectivity index (χ3n) is 4.74. The van der Waals surface area contributed by atoms with Gasteiger partial charge in [-0.3, -0.25) is 14.6 Å². The summed E-state index contributed by atoms with van der Waals surface area (Å²) in [7, 11) is 1.19. The number of carbonyl (C=O) groups excluding carboxylic acids is 2. The summed E-state index contributed by atoms with van der Waals surface area (Å²) in [6, 6.07) is 2.10. The van der Waals surface area contributed by atoms with E-state index in [1.807, 2.05) is 6.07 Å². The molecule has 2 amide bonds. The van der Waals surface area contributed by atoms with E-state index < -0.39 is 31.5 Å². The monoisotopic (exact) mass is 445 g/mol. The van der Waals surface area contributed by atoms with E-state index in [0.29, 0.717) is 17.1 Å². The van der Waals surface area contributed by atoms with Crippen LogP contribution in [0, 0.1) is 17.2 Å². The highest BCUT2D eigenvalue weighted by Crippen LogP contribution is 2.30. The van der Waals surface area contributed by atoms with E-state index in [1.54, 1.807) is 0 Å². The SMILES string of the molecule is CN(CC(F)F)C(=O)[C@H](CO)Nc1cc(-c2cnc(NC(=O)C3CC3)cn2)cnc1C#N. The third-order valence-corrected chi connectivity index (χ3v) is 4.74. The Morgan fingerprint density at radius 3 is 2.59 bits per heavy atom. The molecule has 0 bridgehead atoms. The minimum atomic E-state index is -2.72. The lowest BCUT2D eigenvalue weighted by molar-refractivity contribution is -0.133. The van der Waals surface area contributed by atoms with Crippen molar-refractivity contribution < 1.29 is 23.5 Å². The number of carbonyl (C=O) groups is 2. The van der Waals surface area contributed by atoms with Gasteiger partial charge >= 0.3 is 0 Å². The Labute approximate surface area is 182 Å². The molecule has 0 radical (unpaired) electrons. The zero-order chi connectivity index (χ0) is 23.3. The Kier molecular flexibility index (Phi) is 7.21. The van der Waals surface area contributed by atoms with Gasteiger partial charge in [0.2, 0.25) is 11.8 Å². The number of likely N-dealkylation sites (N-methyl/N-ethyl adjacent to an activating group) is 1. The second-order valence-corrected chi connectivity index (χ2v) is 7.27. The molecule has 32 heavy (non-hydrogen) atoms. The van der Waals surface area contributed by atoms with Crippen molar-refractivity contribution in [3.05, 3.63) is 30.4 Å². The minimum Gasteiger partial charge on any atom is -0.394 e. The average Bonchev–Trinajstić information content (AvgIpc) is 3.62. The van der Waals surface area contributed by atoms with Crippen LogP contribution in [0.2, 0.25) is 0 Å². The zero-order valence-electron chi connectivity index (χ0n) is 17.1. The molecule has 0 spiro atoms. The summed E-state index contributed by atoms with van der Waals surface area (Å²) in [6.07, 6.45) is 3.19. The molecule has 0 unspecified atom stereocenters. The van der Waals surface area contributed by atoms with Crippen LogP contribution in [0.3, 0.4) is 0 Å². The molecule has 3 N–H and O–H groups in total. The lowest BCUT2D eigenvalue weighted by Gasteiger charge is -2.24. The molecule has 10 nitrogen and oxygen atoms in total. The van der Waals surface area contributed by atoms with Crippen molar-refractivity contribution >= 4 is 23.3 Å². The fraction of sp³-hybridized carbons (Fsp3) is 0.400. The molecular formula is C20H21F2N7O3. The number of alkyl halides is 2. The molecule has 1 saturated carbocycles. The molecule has 0 aliphatic heterocycles. The molecule has 12 heteroatoms. The second-order valence-electron chi connectivity index (χ2n) is 7.27. The number of nitriles is 1. The molecular weight excluding hydrogens is 424 g/mol. The first kappa shape index (κ1) is 23.0. The molecule has 1 atom stereocenters. The van der Waals surface area contributed by atoms with Crippen LogP contribution in [0.1, 0.15) is 18.5 Å². The Balaban J connectivity index is 1.78. The predicted octanol–water partition coefficient (Wildman–Crippen LogP) is 1.26. The molecule has 3 rings (SSSR count). The summed E-state index contributed by atoms with van der Waals surface area (Å²) in [5.74, 6) is -0.541. The van der Waals surface area contributed by atoms with Crippen LogP contribution in [-0.4, -0.2) is 69.4 Å². The van der Waals surface area contributed by atoms with E-state index >= 15 is 0 Å². The lowest BCUT2D eigenvalue weighted by Crippen LogP contribution is -2.44. The molecule has 2 heterocycles. The van der Waals surface area contributed by atoms with Crippen LogP contribution in [0.15, 0.2) is 24.7 Å². The topological polar surface area (TPSA) is 144 Å². The Bertz CT molecular complexity index is 1020. The number of hydrogen-bond donors (Lipinski definition) is 3. The Hall–Kier alpha value is -3.72. The van der Waals surface area contributed by atoms with Gasteiger partial charge in [-0.25, -0.2) is 18.7 Å². The van der Waals surface area contributed by atoms with Crippen molar-refractivity contribution in [2.45, 2.75) is 25.3 Å². The van der Waals surface area contributed by atoms with Crippen LogP contribution in [0.5, 0.6) is 0 Å². The van der Waals surface area contributed by atoms with E-state index in [2.05, 4.69) is 25.6 Å². The smallest absolute Gasteiger partial charge is 0.255 e. The van der Waals surface area contributed by atoms with Gasteiger partial charge < -0.3 is 20.6 Å². The fourth-order valence-electron chi connectivity index (χ4n) is 2.86. The number of pyridine rings is 1. The van der Waals surface area contributed by atoms with Crippen molar-refractivity contribution in [2.75, 3.05) is 30.8 Å². The zero-order valence-corrected chi connectivity index (χ0v) is 17.1. The lowest BCUT2D eigenvalue weighted by atomic mass is 10.1. The molecule has 1 aliphatic rings. The maximum Gasteiger partial charge on any atom is 0.255 e. The van der Waals surface area contributed by atoms with Gasteiger partial charge in [-0.1, -0.05) is 0 Å². The highest BCUT2D eigenvalue weighted by Gasteiger charge is 2.30. The van der Waals surface area contributed by atoms with Crippen LogP contribution in [0.4, 0.5) is 20.3 Å². The largest absolute Gasteiger partial charge is 0.394 e. The highest BCUT2D eigenvalue weighted by molar-refractivity contribution is 5.93. The van der Waals surface area contributed by atoms with Gasteiger partial charge in [-0.15, -0.1) is 0 Å². The fourth-order valence-corrected chi connectivity index (χ4v) is 2.86. The van der Waals surface area contributed by atoms with Crippen molar-refractivity contribution in [3.8, 4) is 17.3 Å². The van der Waals surface area contributed by atoms with Crippen LogP contribution in [-0.2, 0) is 9.59 Å². The first-order valence-electron chi connectivity index (χ1n) is 9.76. The number of anilines is 2. The van der Waals surface area contributed by atoms with Gasteiger partial charge in [0.25, 0.3) is 6.43 Å². The van der Waals surface area contributed by atoms with E-state index in [9.17, 15) is 28.7 Å². The molecule has 168 valence electrons. The molecule has 1 aliphatic carbocycles. The standard InChI is InChI=1S/C20H21F2N7O3/c1-29(9-17(21)22)20(32)16(10-30)27-13-4-12(6-24-14(13)5-23)15-7-26-18(8-25-15)28-19(31)11-2-3-11/h4,6-8,11,16-17,27,30H,2-3,9-10H2,1H3,(H,26,28,31)/t16-/m0/s1. The van der Waals surface area contributed by atoms with E-state index in [-0.39, 0.29) is 23.2 Å². The van der Waals surface area contributed by atoms with Gasteiger partial charge in [-0.05, 0) is 18.9 Å². The Morgan fingerprint density at radius 1 is 1.28 bits per heavy atom. The maximum absolute atomic E-state index is 12.6. The summed E-state index contributed by atoms with van der Waals surface area (Å²) >= 11 is 0. The molecule has 0 saturated heterocycles. The van der Waals surface area contributed by atoms with E-state index in [0.717, 1.165) is 17.7 Å². The summed E-state index contributed by atoms with van der Waals surface area (Å²) in [5.41, 5.74) is 0.897. The first-order chi connectivity index (χ1) is 15.3. The van der Waals surface area contributed by atoms with E-state index in [4.69, 9.17) is 0 Å². The third kappa shape index (κ3) is 5.70. The normalized spacial score (nSPS) is 13.9. The number of hydrogen-bond acceptors (Lipinski definition) is 8. The summed E-state index contributed by atoms with van der Waals surface area (Å²) < 4.78 is 25.1. The van der Waals surface area contributed by atoms with Crippen LogP contribution < -0.4 is 10.6 Å². The summed E-state index contributed by atoms with van der Waals surface area (Å²) in [6.45, 7) is -1.48.